The molecule has 4 rings (SSSR count). The fraction of sp³-hybridized carbons (Fsp3) is 0.111. The van der Waals surface area contributed by atoms with Gasteiger partial charge in [0.05, 0.1) is 24.7 Å². The molecule has 1 amide bonds. The van der Waals surface area contributed by atoms with Gasteiger partial charge in [0.25, 0.3) is 0 Å². The van der Waals surface area contributed by atoms with E-state index in [1.807, 2.05) is 6.07 Å². The third-order valence-electron chi connectivity index (χ3n) is 4.20. The molecule has 0 radical (unpaired) electrons. The van der Waals surface area contributed by atoms with Crippen LogP contribution in [0.1, 0.15) is 17.0 Å². The zero-order valence-corrected chi connectivity index (χ0v) is 13.5. The molecule has 0 N–H and O–H groups in total. The molecule has 0 saturated heterocycles. The van der Waals surface area contributed by atoms with E-state index in [9.17, 15) is 14.0 Å². The number of rotatable bonds is 3. The van der Waals surface area contributed by atoms with Crippen molar-refractivity contribution in [2.45, 2.75) is 13.1 Å². The Morgan fingerprint density at radius 3 is 2.42 bits per heavy atom. The fourth-order valence-electron chi connectivity index (χ4n) is 2.90. The second-order valence-corrected chi connectivity index (χ2v) is 5.83. The van der Waals surface area contributed by atoms with E-state index < -0.39 is 17.5 Å². The number of carbonyl (C=O) groups is 1. The monoisotopic (exact) mass is 349 g/mol. The minimum absolute atomic E-state index is 0.139. The first-order valence-corrected chi connectivity index (χ1v) is 7.82. The van der Waals surface area contributed by atoms with Crippen LogP contribution in [0.15, 0.2) is 53.3 Å². The van der Waals surface area contributed by atoms with Gasteiger partial charge in [-0.05, 0) is 42.0 Å². The second kappa shape index (κ2) is 5.97. The van der Waals surface area contributed by atoms with Crippen LogP contribution in [0.5, 0.6) is 0 Å². The van der Waals surface area contributed by atoms with Crippen LogP contribution in [0.3, 0.4) is 0 Å². The van der Waals surface area contributed by atoms with Crippen molar-refractivity contribution in [1.29, 1.82) is 5.26 Å². The first kappa shape index (κ1) is 15.8. The first-order chi connectivity index (χ1) is 12.6. The molecule has 8 heteroatoms. The van der Waals surface area contributed by atoms with Gasteiger partial charge in [-0.1, -0.05) is 12.1 Å². The predicted octanol–water partition coefficient (Wildman–Crippen LogP) is 2.09. The Kier molecular flexibility index (Phi) is 3.62. The Balaban J connectivity index is 1.66. The molecule has 0 fully saturated rings. The highest BCUT2D eigenvalue weighted by Crippen LogP contribution is 2.23. The van der Waals surface area contributed by atoms with Crippen LogP contribution in [0.25, 0.3) is 0 Å². The maximum Gasteiger partial charge on any atom is 0.364 e. The Morgan fingerprint density at radius 1 is 1.08 bits per heavy atom. The molecule has 1 aromatic heterocycles. The van der Waals surface area contributed by atoms with E-state index in [-0.39, 0.29) is 13.1 Å². The van der Waals surface area contributed by atoms with E-state index in [2.05, 4.69) is 4.98 Å². The third-order valence-corrected chi connectivity index (χ3v) is 4.20. The van der Waals surface area contributed by atoms with Gasteiger partial charge in [0.1, 0.15) is 5.82 Å². The molecule has 2 aromatic carbocycles. The Labute approximate surface area is 147 Å². The largest absolute Gasteiger partial charge is 0.364 e. The van der Waals surface area contributed by atoms with E-state index in [4.69, 9.17) is 5.26 Å². The normalized spacial score (nSPS) is 12.9. The van der Waals surface area contributed by atoms with Gasteiger partial charge in [-0.25, -0.2) is 18.7 Å². The summed E-state index contributed by atoms with van der Waals surface area (Å²) in [6.07, 6.45) is 0. The van der Waals surface area contributed by atoms with Crippen LogP contribution in [-0.2, 0) is 13.1 Å². The summed E-state index contributed by atoms with van der Waals surface area (Å²) in [5.74, 6) is -0.0613. The van der Waals surface area contributed by atoms with Gasteiger partial charge in [0.2, 0.25) is 0 Å². The number of carbonyl (C=O) groups excluding carboxylic acids is 1. The summed E-state index contributed by atoms with van der Waals surface area (Å²) in [6, 6.07) is 13.9. The van der Waals surface area contributed by atoms with Crippen molar-refractivity contribution in [3.8, 4) is 6.07 Å². The maximum absolute atomic E-state index is 13.1. The first-order valence-electron chi connectivity index (χ1n) is 7.82. The van der Waals surface area contributed by atoms with Gasteiger partial charge in [0, 0.05) is 5.69 Å². The number of halogens is 1. The lowest BCUT2D eigenvalue weighted by molar-refractivity contribution is 0.244. The van der Waals surface area contributed by atoms with Crippen LogP contribution in [-0.4, -0.2) is 20.4 Å². The number of hydrogen-bond donors (Lipinski definition) is 0. The minimum atomic E-state index is -0.517. The molecule has 1 aliphatic rings. The molecule has 0 aliphatic carbocycles. The van der Waals surface area contributed by atoms with Crippen LogP contribution in [0, 0.1) is 17.1 Å². The molecule has 0 atom stereocenters. The van der Waals surface area contributed by atoms with E-state index in [1.54, 1.807) is 24.3 Å². The molecule has 3 aromatic rings. The minimum Gasteiger partial charge on any atom is -0.285 e. The zero-order chi connectivity index (χ0) is 18.3. The average molecular weight is 349 g/mol. The lowest BCUT2D eigenvalue weighted by Gasteiger charge is -2.15. The highest BCUT2D eigenvalue weighted by molar-refractivity contribution is 5.95. The smallest absolute Gasteiger partial charge is 0.285 e. The number of benzene rings is 2. The Bertz CT molecular complexity index is 1090. The molecule has 26 heavy (non-hydrogen) atoms. The predicted molar refractivity (Wildman–Crippen MR) is 90.1 cm³/mol. The average Bonchev–Trinajstić information content (AvgIpc) is 3.12. The van der Waals surface area contributed by atoms with Crippen molar-refractivity contribution < 1.29 is 9.18 Å². The second-order valence-electron chi connectivity index (χ2n) is 5.83. The number of amides is 1. The van der Waals surface area contributed by atoms with Crippen LogP contribution in [0.4, 0.5) is 14.9 Å². The van der Waals surface area contributed by atoms with Gasteiger partial charge >= 0.3 is 11.7 Å². The summed E-state index contributed by atoms with van der Waals surface area (Å²) >= 11 is 0. The van der Waals surface area contributed by atoms with E-state index >= 15 is 0 Å². The van der Waals surface area contributed by atoms with Crippen molar-refractivity contribution in [2.75, 3.05) is 4.90 Å². The summed E-state index contributed by atoms with van der Waals surface area (Å²) in [4.78, 5) is 30.3. The summed E-state index contributed by atoms with van der Waals surface area (Å²) < 4.78 is 15.6. The van der Waals surface area contributed by atoms with Gasteiger partial charge < -0.3 is 0 Å². The number of nitrogens with zero attached hydrogens (tertiary/aromatic N) is 5. The van der Waals surface area contributed by atoms with Gasteiger partial charge in [0.15, 0.2) is 5.82 Å². The summed E-state index contributed by atoms with van der Waals surface area (Å²) in [7, 11) is 0. The fourth-order valence-corrected chi connectivity index (χ4v) is 2.90. The van der Waals surface area contributed by atoms with Gasteiger partial charge in [-0.15, -0.1) is 0 Å². The molecule has 1 aliphatic heterocycles. The molecule has 0 bridgehead atoms. The number of aromatic nitrogens is 3. The van der Waals surface area contributed by atoms with Crippen molar-refractivity contribution in [2.24, 2.45) is 0 Å². The lowest BCUT2D eigenvalue weighted by atomic mass is 10.1. The van der Waals surface area contributed by atoms with E-state index in [0.29, 0.717) is 17.1 Å². The molecule has 2 heterocycles. The van der Waals surface area contributed by atoms with Crippen molar-refractivity contribution >= 4 is 11.7 Å². The molecule has 0 saturated carbocycles. The van der Waals surface area contributed by atoms with Gasteiger partial charge in [-0.2, -0.15) is 14.9 Å². The van der Waals surface area contributed by atoms with Gasteiger partial charge in [-0.3, -0.25) is 4.90 Å². The van der Waals surface area contributed by atoms with E-state index in [1.165, 1.54) is 38.5 Å². The van der Waals surface area contributed by atoms with Crippen LogP contribution in [0.2, 0.25) is 0 Å². The molecule has 128 valence electrons. The zero-order valence-electron chi connectivity index (χ0n) is 13.5. The van der Waals surface area contributed by atoms with E-state index in [0.717, 1.165) is 5.56 Å². The molecular formula is C18H12FN5O2. The molecule has 0 unspecified atom stereocenters. The number of anilines is 1. The Hall–Kier alpha value is -3.73. The lowest BCUT2D eigenvalue weighted by Crippen LogP contribution is -2.34. The topological polar surface area (TPSA) is 83.9 Å². The van der Waals surface area contributed by atoms with Crippen molar-refractivity contribution in [1.82, 2.24) is 14.3 Å². The van der Waals surface area contributed by atoms with Crippen molar-refractivity contribution in [3.63, 3.8) is 0 Å². The maximum atomic E-state index is 13.1. The third kappa shape index (κ3) is 2.56. The summed E-state index contributed by atoms with van der Waals surface area (Å²) in [6.45, 7) is 0.292. The quantitative estimate of drug-likeness (QED) is 0.725. The number of hydrogen-bond acceptors (Lipinski definition) is 4. The molecule has 7 nitrogen and oxygen atoms in total. The number of nitriles is 1. The van der Waals surface area contributed by atoms with Crippen LogP contribution >= 0.6 is 0 Å². The Morgan fingerprint density at radius 2 is 1.77 bits per heavy atom. The standard InChI is InChI=1S/C18H12FN5O2/c19-14-5-7-15(8-6-14)22-11-16-21-17(25)23(24(16)18(22)26)10-13-3-1-12(9-20)2-4-13/h1-8H,10-11H2. The highest BCUT2D eigenvalue weighted by atomic mass is 19.1. The van der Waals surface area contributed by atoms with Crippen molar-refractivity contribution in [3.05, 3.63) is 81.8 Å². The highest BCUT2D eigenvalue weighted by Gasteiger charge is 2.33. The number of fused-ring (bicyclic) bond motifs is 1. The molecular weight excluding hydrogens is 337 g/mol. The van der Waals surface area contributed by atoms with Crippen LogP contribution < -0.4 is 10.6 Å². The summed E-state index contributed by atoms with van der Waals surface area (Å²) in [5.41, 5.74) is 1.29. The SMILES string of the molecule is N#Cc1ccc(Cn2c(=O)nc3n2C(=O)N(c2ccc(F)cc2)C3)cc1. The summed E-state index contributed by atoms with van der Waals surface area (Å²) in [5, 5.41) is 8.85. The molecule has 0 spiro atoms.